The number of ether oxygens (including phenoxy) is 1. The standard InChI is InChI=1S/C26H41N3O4S/c1-33-24-13-12-23(20-25(24)34(31,32)29-16-7-2-3-8-17-29)26(30)28-15-9-14-27(18-19-28)21-22-10-5-4-6-11-22/h12-13,20,22H,2-11,14-19,21H2,1H3. The molecule has 2 heterocycles. The van der Waals surface area contributed by atoms with Gasteiger partial charge in [0.15, 0.2) is 0 Å². The van der Waals surface area contributed by atoms with Gasteiger partial charge in [-0.2, -0.15) is 4.31 Å². The minimum atomic E-state index is -3.72. The fourth-order valence-electron chi connectivity index (χ4n) is 5.71. The van der Waals surface area contributed by atoms with Crippen molar-refractivity contribution in [3.05, 3.63) is 23.8 Å². The van der Waals surface area contributed by atoms with Crippen LogP contribution in [0.3, 0.4) is 0 Å². The van der Waals surface area contributed by atoms with E-state index in [0.717, 1.165) is 57.7 Å². The fourth-order valence-corrected chi connectivity index (χ4v) is 7.41. The van der Waals surface area contributed by atoms with Gasteiger partial charge in [-0.05, 0) is 62.8 Å². The van der Waals surface area contributed by atoms with Crippen molar-refractivity contribution in [1.82, 2.24) is 14.1 Å². The summed E-state index contributed by atoms with van der Waals surface area (Å²) in [4.78, 5) is 17.9. The lowest BCUT2D eigenvalue weighted by Gasteiger charge is -2.29. The van der Waals surface area contributed by atoms with Gasteiger partial charge in [-0.1, -0.05) is 32.1 Å². The third-order valence-corrected chi connectivity index (χ3v) is 9.63. The van der Waals surface area contributed by atoms with E-state index in [2.05, 4.69) is 4.90 Å². The number of methoxy groups -OCH3 is 1. The van der Waals surface area contributed by atoms with Crippen LogP contribution in [0.2, 0.25) is 0 Å². The Morgan fingerprint density at radius 1 is 0.882 bits per heavy atom. The SMILES string of the molecule is COc1ccc(C(=O)N2CCCN(CC3CCCCC3)CC2)cc1S(=O)(=O)N1CCCCCC1. The molecule has 1 saturated carbocycles. The molecule has 1 aromatic carbocycles. The van der Waals surface area contributed by atoms with Gasteiger partial charge in [0.25, 0.3) is 5.91 Å². The number of nitrogens with zero attached hydrogens (tertiary/aromatic N) is 3. The predicted octanol–water partition coefficient (Wildman–Crippen LogP) is 3.99. The molecule has 7 nitrogen and oxygen atoms in total. The van der Waals surface area contributed by atoms with Gasteiger partial charge in [-0.3, -0.25) is 4.79 Å². The molecule has 3 aliphatic rings. The minimum absolute atomic E-state index is 0.0884. The Kier molecular flexibility index (Phi) is 8.88. The fraction of sp³-hybridized carbons (Fsp3) is 0.731. The van der Waals surface area contributed by atoms with Gasteiger partial charge in [0.2, 0.25) is 10.0 Å². The van der Waals surface area contributed by atoms with Crippen molar-refractivity contribution < 1.29 is 17.9 Å². The first-order valence-electron chi connectivity index (χ1n) is 13.2. The van der Waals surface area contributed by atoms with Crippen molar-refractivity contribution in [2.45, 2.75) is 69.1 Å². The number of carbonyl (C=O) groups is 1. The van der Waals surface area contributed by atoms with E-state index in [-0.39, 0.29) is 10.8 Å². The lowest BCUT2D eigenvalue weighted by Crippen LogP contribution is -2.37. The van der Waals surface area contributed by atoms with Crippen LogP contribution < -0.4 is 4.74 Å². The summed E-state index contributed by atoms with van der Waals surface area (Å²) in [5.74, 6) is 1.01. The zero-order valence-electron chi connectivity index (χ0n) is 20.7. The Morgan fingerprint density at radius 2 is 1.59 bits per heavy atom. The number of benzene rings is 1. The Morgan fingerprint density at radius 3 is 2.29 bits per heavy atom. The molecule has 2 aliphatic heterocycles. The van der Waals surface area contributed by atoms with Gasteiger partial charge in [0.1, 0.15) is 10.6 Å². The van der Waals surface area contributed by atoms with E-state index in [1.165, 1.54) is 45.3 Å². The Bertz CT molecular complexity index is 922. The average Bonchev–Trinajstić information content (AvgIpc) is 3.28. The van der Waals surface area contributed by atoms with Crippen LogP contribution in [-0.2, 0) is 10.0 Å². The first-order chi connectivity index (χ1) is 16.5. The maximum absolute atomic E-state index is 13.5. The van der Waals surface area contributed by atoms with Crippen molar-refractivity contribution in [3.8, 4) is 5.75 Å². The maximum Gasteiger partial charge on any atom is 0.253 e. The van der Waals surface area contributed by atoms with Crippen LogP contribution in [-0.4, -0.2) is 81.4 Å². The van der Waals surface area contributed by atoms with Crippen LogP contribution in [0, 0.1) is 5.92 Å². The van der Waals surface area contributed by atoms with Crippen molar-refractivity contribution in [3.63, 3.8) is 0 Å². The summed E-state index contributed by atoms with van der Waals surface area (Å²) < 4.78 is 33.9. The van der Waals surface area contributed by atoms with Crippen molar-refractivity contribution in [2.75, 3.05) is 52.9 Å². The Hall–Kier alpha value is -1.64. The summed E-state index contributed by atoms with van der Waals surface area (Å²) in [6, 6.07) is 4.87. The number of amides is 1. The van der Waals surface area contributed by atoms with Crippen molar-refractivity contribution in [2.24, 2.45) is 5.92 Å². The van der Waals surface area contributed by atoms with Gasteiger partial charge in [0, 0.05) is 44.8 Å². The molecule has 2 saturated heterocycles. The molecule has 0 aromatic heterocycles. The number of hydrogen-bond acceptors (Lipinski definition) is 5. The molecule has 1 aliphatic carbocycles. The molecule has 34 heavy (non-hydrogen) atoms. The van der Waals surface area contributed by atoms with Gasteiger partial charge in [-0.15, -0.1) is 0 Å². The Labute approximate surface area is 205 Å². The second-order valence-corrected chi connectivity index (χ2v) is 12.0. The number of sulfonamides is 1. The van der Waals surface area contributed by atoms with Crippen LogP contribution >= 0.6 is 0 Å². The van der Waals surface area contributed by atoms with Crippen LogP contribution in [0.5, 0.6) is 5.75 Å². The topological polar surface area (TPSA) is 70.2 Å². The van der Waals surface area contributed by atoms with E-state index in [1.54, 1.807) is 16.4 Å². The lowest BCUT2D eigenvalue weighted by atomic mass is 9.89. The zero-order valence-corrected chi connectivity index (χ0v) is 21.5. The highest BCUT2D eigenvalue weighted by molar-refractivity contribution is 7.89. The molecule has 190 valence electrons. The maximum atomic E-state index is 13.5. The molecule has 1 aromatic rings. The Balaban J connectivity index is 1.46. The highest BCUT2D eigenvalue weighted by Crippen LogP contribution is 2.30. The van der Waals surface area contributed by atoms with E-state index < -0.39 is 10.0 Å². The van der Waals surface area contributed by atoms with Crippen LogP contribution in [0.15, 0.2) is 23.1 Å². The lowest BCUT2D eigenvalue weighted by molar-refractivity contribution is 0.0759. The number of rotatable bonds is 6. The molecule has 4 rings (SSSR count). The normalized spacial score (nSPS) is 22.2. The molecule has 1 amide bonds. The summed E-state index contributed by atoms with van der Waals surface area (Å²) in [5, 5.41) is 0. The van der Waals surface area contributed by atoms with E-state index >= 15 is 0 Å². The van der Waals surface area contributed by atoms with Crippen LogP contribution in [0.1, 0.15) is 74.6 Å². The third-order valence-electron chi connectivity index (χ3n) is 7.71. The third kappa shape index (κ3) is 6.13. The predicted molar refractivity (Wildman–Crippen MR) is 134 cm³/mol. The summed E-state index contributed by atoms with van der Waals surface area (Å²) in [5.41, 5.74) is 0.426. The molecule has 0 spiro atoms. The van der Waals surface area contributed by atoms with Crippen LogP contribution in [0.25, 0.3) is 0 Å². The number of hydrogen-bond donors (Lipinski definition) is 0. The molecule has 8 heteroatoms. The molecule has 0 N–H and O–H groups in total. The summed E-state index contributed by atoms with van der Waals surface area (Å²) >= 11 is 0. The van der Waals surface area contributed by atoms with E-state index in [0.29, 0.717) is 37.5 Å². The van der Waals surface area contributed by atoms with Gasteiger partial charge in [0.05, 0.1) is 7.11 Å². The average molecular weight is 492 g/mol. The first kappa shape index (κ1) is 25.5. The van der Waals surface area contributed by atoms with E-state index in [4.69, 9.17) is 4.74 Å². The molecular weight excluding hydrogens is 450 g/mol. The zero-order chi connectivity index (χ0) is 24.0. The van der Waals surface area contributed by atoms with E-state index in [9.17, 15) is 13.2 Å². The summed E-state index contributed by atoms with van der Waals surface area (Å²) in [7, 11) is -2.24. The first-order valence-corrected chi connectivity index (χ1v) is 14.6. The van der Waals surface area contributed by atoms with Gasteiger partial charge >= 0.3 is 0 Å². The molecule has 0 atom stereocenters. The second-order valence-electron chi connectivity index (χ2n) is 10.1. The largest absolute Gasteiger partial charge is 0.495 e. The smallest absolute Gasteiger partial charge is 0.253 e. The quantitative estimate of drug-likeness (QED) is 0.602. The number of carbonyl (C=O) groups excluding carboxylic acids is 1. The summed E-state index contributed by atoms with van der Waals surface area (Å²) in [6.45, 7) is 5.49. The van der Waals surface area contributed by atoms with E-state index in [1.807, 2.05) is 4.90 Å². The molecule has 0 bridgehead atoms. The molecule has 0 unspecified atom stereocenters. The van der Waals surface area contributed by atoms with Crippen molar-refractivity contribution >= 4 is 15.9 Å². The molecule has 0 radical (unpaired) electrons. The molecule has 3 fully saturated rings. The highest BCUT2D eigenvalue weighted by Gasteiger charge is 2.30. The second kappa shape index (κ2) is 11.9. The van der Waals surface area contributed by atoms with Crippen molar-refractivity contribution in [1.29, 1.82) is 0 Å². The van der Waals surface area contributed by atoms with Gasteiger partial charge < -0.3 is 14.5 Å². The summed E-state index contributed by atoms with van der Waals surface area (Å²) in [6.07, 6.45) is 11.5. The minimum Gasteiger partial charge on any atom is -0.495 e. The monoisotopic (exact) mass is 491 g/mol. The highest BCUT2D eigenvalue weighted by atomic mass is 32.2. The molecular formula is C26H41N3O4S. The van der Waals surface area contributed by atoms with Gasteiger partial charge in [-0.25, -0.2) is 8.42 Å². The van der Waals surface area contributed by atoms with Crippen LogP contribution in [0.4, 0.5) is 0 Å².